The van der Waals surface area contributed by atoms with Crippen molar-refractivity contribution < 1.29 is 18.3 Å². The number of aliphatic hydroxyl groups excluding tert-OH is 1. The van der Waals surface area contributed by atoms with Crippen molar-refractivity contribution >= 4 is 21.8 Å². The summed E-state index contributed by atoms with van der Waals surface area (Å²) < 4.78 is 32.8. The Bertz CT molecular complexity index is 589. The Labute approximate surface area is 130 Å². The molecule has 1 aliphatic rings. The zero-order valence-electron chi connectivity index (χ0n) is 12.2. The Morgan fingerprint density at radius 2 is 2.19 bits per heavy atom. The molecule has 118 valence electrons. The van der Waals surface area contributed by atoms with E-state index in [0.29, 0.717) is 16.6 Å². The van der Waals surface area contributed by atoms with Crippen LogP contribution >= 0.6 is 11.8 Å². The van der Waals surface area contributed by atoms with Crippen LogP contribution in [0.5, 0.6) is 5.75 Å². The molecule has 0 saturated heterocycles. The number of methoxy groups -OCH3 is 1. The molecule has 1 fully saturated rings. The molecule has 0 aliphatic heterocycles. The van der Waals surface area contributed by atoms with E-state index in [4.69, 9.17) is 4.74 Å². The van der Waals surface area contributed by atoms with Gasteiger partial charge in [0.05, 0.1) is 18.6 Å². The Morgan fingerprint density at radius 3 is 2.81 bits per heavy atom. The van der Waals surface area contributed by atoms with Crippen LogP contribution in [0.1, 0.15) is 24.8 Å². The lowest BCUT2D eigenvalue weighted by Gasteiger charge is -2.19. The molecule has 1 saturated carbocycles. The molecule has 5 nitrogen and oxygen atoms in total. The molecule has 7 heteroatoms. The van der Waals surface area contributed by atoms with Crippen LogP contribution in [0, 0.1) is 0 Å². The Kier molecular flexibility index (Phi) is 5.54. The second-order valence-corrected chi connectivity index (χ2v) is 7.86. The van der Waals surface area contributed by atoms with Gasteiger partial charge < -0.3 is 9.84 Å². The quantitative estimate of drug-likeness (QED) is 0.830. The summed E-state index contributed by atoms with van der Waals surface area (Å²) in [6.07, 6.45) is 4.96. The molecule has 0 bridgehead atoms. The molecule has 2 atom stereocenters. The van der Waals surface area contributed by atoms with Crippen molar-refractivity contribution in [2.45, 2.75) is 42.1 Å². The number of aliphatic hydroxyl groups is 1. The number of rotatable bonds is 6. The van der Waals surface area contributed by atoms with E-state index in [1.54, 1.807) is 17.8 Å². The van der Waals surface area contributed by atoms with Crippen LogP contribution in [-0.2, 0) is 16.6 Å². The van der Waals surface area contributed by atoms with Crippen LogP contribution in [0.2, 0.25) is 0 Å². The minimum absolute atomic E-state index is 0.0234. The van der Waals surface area contributed by atoms with E-state index in [9.17, 15) is 13.5 Å². The average Bonchev–Trinajstić information content (AvgIpc) is 2.92. The van der Waals surface area contributed by atoms with Crippen LogP contribution in [0.3, 0.4) is 0 Å². The molecule has 0 aromatic heterocycles. The molecule has 2 rings (SSSR count). The van der Waals surface area contributed by atoms with Crippen molar-refractivity contribution in [1.29, 1.82) is 0 Å². The summed E-state index contributed by atoms with van der Waals surface area (Å²) in [5.74, 6) is 0.485. The van der Waals surface area contributed by atoms with E-state index in [0.717, 1.165) is 19.3 Å². The largest absolute Gasteiger partial charge is 0.496 e. The van der Waals surface area contributed by atoms with Crippen molar-refractivity contribution in [3.05, 3.63) is 23.8 Å². The zero-order valence-corrected chi connectivity index (χ0v) is 13.8. The highest BCUT2D eigenvalue weighted by Crippen LogP contribution is 2.30. The molecule has 1 aromatic carbocycles. The number of nitrogens with one attached hydrogen (secondary N) is 1. The Balaban J connectivity index is 2.23. The minimum atomic E-state index is -3.57. The number of benzene rings is 1. The lowest BCUT2D eigenvalue weighted by Crippen LogP contribution is -2.38. The Morgan fingerprint density at radius 1 is 1.43 bits per heavy atom. The van der Waals surface area contributed by atoms with Gasteiger partial charge in [0.1, 0.15) is 5.75 Å². The second-order valence-electron chi connectivity index (χ2n) is 5.06. The van der Waals surface area contributed by atoms with E-state index < -0.39 is 10.0 Å². The molecule has 21 heavy (non-hydrogen) atoms. The van der Waals surface area contributed by atoms with Crippen molar-refractivity contribution in [3.8, 4) is 5.75 Å². The molecule has 1 aromatic rings. The maximum absolute atomic E-state index is 12.5. The predicted molar refractivity (Wildman–Crippen MR) is 84.2 cm³/mol. The maximum atomic E-state index is 12.5. The standard InChI is InChI=1S/C14H21NO4S2/c1-19-13-7-6-11(8-10(13)9-16)21(17,18)15-12-4-3-5-14(12)20-2/h6-8,12,14-16H,3-5,9H2,1-2H3. The van der Waals surface area contributed by atoms with Gasteiger partial charge in [0.25, 0.3) is 0 Å². The summed E-state index contributed by atoms with van der Waals surface area (Å²) >= 11 is 1.70. The van der Waals surface area contributed by atoms with E-state index in [1.807, 2.05) is 6.26 Å². The average molecular weight is 331 g/mol. The van der Waals surface area contributed by atoms with Gasteiger partial charge in [0, 0.05) is 16.9 Å². The SMILES string of the molecule is COc1ccc(S(=O)(=O)NC2CCCC2SC)cc1CO. The van der Waals surface area contributed by atoms with Gasteiger partial charge in [-0.25, -0.2) is 13.1 Å². The smallest absolute Gasteiger partial charge is 0.240 e. The van der Waals surface area contributed by atoms with Crippen LogP contribution in [0.25, 0.3) is 0 Å². The van der Waals surface area contributed by atoms with Crippen LogP contribution in [0.4, 0.5) is 0 Å². The fourth-order valence-corrected chi connectivity index (χ4v) is 5.04. The van der Waals surface area contributed by atoms with Crippen molar-refractivity contribution in [2.24, 2.45) is 0 Å². The monoisotopic (exact) mass is 331 g/mol. The van der Waals surface area contributed by atoms with Gasteiger partial charge in [0.2, 0.25) is 10.0 Å². The topological polar surface area (TPSA) is 75.6 Å². The van der Waals surface area contributed by atoms with Gasteiger partial charge in [-0.15, -0.1) is 0 Å². The lowest BCUT2D eigenvalue weighted by molar-refractivity contribution is 0.273. The summed E-state index contributed by atoms with van der Waals surface area (Å²) in [6.45, 7) is -0.261. The van der Waals surface area contributed by atoms with E-state index >= 15 is 0 Å². The highest BCUT2D eigenvalue weighted by Gasteiger charge is 2.30. The van der Waals surface area contributed by atoms with Gasteiger partial charge in [-0.3, -0.25) is 0 Å². The molecular weight excluding hydrogens is 310 g/mol. The summed E-state index contributed by atoms with van der Waals surface area (Å²) in [6, 6.07) is 4.51. The fraction of sp³-hybridized carbons (Fsp3) is 0.571. The highest BCUT2D eigenvalue weighted by atomic mass is 32.2. The molecular formula is C14H21NO4S2. The van der Waals surface area contributed by atoms with Crippen LogP contribution < -0.4 is 9.46 Å². The first-order valence-electron chi connectivity index (χ1n) is 6.84. The molecule has 0 spiro atoms. The Hall–Kier alpha value is -0.760. The van der Waals surface area contributed by atoms with Crippen molar-refractivity contribution in [1.82, 2.24) is 4.72 Å². The molecule has 2 unspecified atom stereocenters. The van der Waals surface area contributed by atoms with Gasteiger partial charge in [-0.2, -0.15) is 11.8 Å². The van der Waals surface area contributed by atoms with Crippen LogP contribution in [0.15, 0.2) is 23.1 Å². The van der Waals surface area contributed by atoms with E-state index in [-0.39, 0.29) is 17.5 Å². The fourth-order valence-electron chi connectivity index (χ4n) is 2.66. The van der Waals surface area contributed by atoms with Crippen LogP contribution in [-0.4, -0.2) is 38.2 Å². The summed E-state index contributed by atoms with van der Waals surface area (Å²) in [5.41, 5.74) is 0.466. The number of ether oxygens (including phenoxy) is 1. The molecule has 0 radical (unpaired) electrons. The summed E-state index contributed by atoms with van der Waals surface area (Å²) in [4.78, 5) is 0.166. The predicted octanol–water partition coefficient (Wildman–Crippen LogP) is 1.75. The normalized spacial score (nSPS) is 22.4. The number of thioether (sulfide) groups is 1. The number of sulfonamides is 1. The second kappa shape index (κ2) is 7.00. The summed E-state index contributed by atoms with van der Waals surface area (Å²) in [7, 11) is -2.09. The minimum Gasteiger partial charge on any atom is -0.496 e. The van der Waals surface area contributed by atoms with Gasteiger partial charge in [0.15, 0.2) is 0 Å². The van der Waals surface area contributed by atoms with Crippen molar-refractivity contribution in [3.63, 3.8) is 0 Å². The van der Waals surface area contributed by atoms with Gasteiger partial charge in [-0.1, -0.05) is 6.42 Å². The van der Waals surface area contributed by atoms with Gasteiger partial charge >= 0.3 is 0 Å². The molecule has 1 aliphatic carbocycles. The third-order valence-corrected chi connectivity index (χ3v) is 6.45. The van der Waals surface area contributed by atoms with E-state index in [1.165, 1.54) is 19.2 Å². The first kappa shape index (κ1) is 16.6. The highest BCUT2D eigenvalue weighted by molar-refractivity contribution is 7.99. The third kappa shape index (κ3) is 3.71. The number of hydrogen-bond donors (Lipinski definition) is 2. The van der Waals surface area contributed by atoms with Crippen molar-refractivity contribution in [2.75, 3.05) is 13.4 Å². The number of hydrogen-bond acceptors (Lipinski definition) is 5. The summed E-state index contributed by atoms with van der Waals surface area (Å²) in [5, 5.41) is 9.63. The maximum Gasteiger partial charge on any atom is 0.240 e. The lowest BCUT2D eigenvalue weighted by atomic mass is 10.2. The zero-order chi connectivity index (χ0) is 15.5. The molecule has 0 heterocycles. The first-order valence-corrected chi connectivity index (χ1v) is 9.62. The first-order chi connectivity index (χ1) is 10.0. The molecule has 0 amide bonds. The third-order valence-electron chi connectivity index (χ3n) is 3.79. The van der Waals surface area contributed by atoms with Gasteiger partial charge in [-0.05, 0) is 37.3 Å². The molecule has 2 N–H and O–H groups in total. The van der Waals surface area contributed by atoms with E-state index in [2.05, 4.69) is 4.72 Å².